The predicted octanol–water partition coefficient (Wildman–Crippen LogP) is 5.02. The molecule has 0 bridgehead atoms. The molecule has 7 nitrogen and oxygen atoms in total. The summed E-state index contributed by atoms with van der Waals surface area (Å²) in [6.07, 6.45) is 2.36. The Morgan fingerprint density at radius 2 is 1.76 bits per heavy atom. The lowest BCUT2D eigenvalue weighted by atomic mass is 10.0. The topological polar surface area (TPSA) is 75.0 Å². The highest BCUT2D eigenvalue weighted by Gasteiger charge is 2.35. The number of halogens is 1. The molecule has 2 heterocycles. The van der Waals surface area contributed by atoms with E-state index in [1.54, 1.807) is 42.0 Å². The number of fused-ring (bicyclic) bond motifs is 1. The van der Waals surface area contributed by atoms with Crippen molar-refractivity contribution in [2.24, 2.45) is 0 Å². The normalized spacial score (nSPS) is 15.4. The van der Waals surface area contributed by atoms with Crippen molar-refractivity contribution in [3.05, 3.63) is 64.3 Å². The lowest BCUT2D eigenvalue weighted by Crippen LogP contribution is -2.44. The maximum absolute atomic E-state index is 13.6. The van der Waals surface area contributed by atoms with Crippen molar-refractivity contribution in [3.63, 3.8) is 0 Å². The van der Waals surface area contributed by atoms with E-state index in [4.69, 9.17) is 16.3 Å². The molecule has 1 aliphatic rings. The Hall–Kier alpha value is -2.87. The summed E-state index contributed by atoms with van der Waals surface area (Å²) in [5.41, 5.74) is 2.55. The smallest absolute Gasteiger partial charge is 0.262 e. The van der Waals surface area contributed by atoms with Gasteiger partial charge in [0.2, 0.25) is 5.91 Å². The van der Waals surface area contributed by atoms with Gasteiger partial charge in [-0.15, -0.1) is 0 Å². The summed E-state index contributed by atoms with van der Waals surface area (Å²) in [6.45, 7) is 4.68. The number of hydroxylamine groups is 2. The van der Waals surface area contributed by atoms with Crippen molar-refractivity contribution in [3.8, 4) is 5.75 Å². The molecule has 2 aromatic carbocycles. The highest BCUT2D eigenvalue weighted by atomic mass is 35.5. The standard InChI is InChI=1S/C25H28ClN3O4/c1-16-23(24(29(32)17(2)30)27-13-5-4-6-14-27)21-15-20(33-3)11-12-22(21)28(16)25(31)18-7-9-19(26)10-8-18/h7-12,15,24,32H,4-6,13-14H2,1-3H3. The fourth-order valence-electron chi connectivity index (χ4n) is 4.65. The van der Waals surface area contributed by atoms with E-state index in [9.17, 15) is 14.8 Å². The third-order valence-corrected chi connectivity index (χ3v) is 6.56. The van der Waals surface area contributed by atoms with Gasteiger partial charge in [-0.05, 0) is 62.2 Å². The molecular weight excluding hydrogens is 442 g/mol. The molecule has 1 saturated heterocycles. The molecule has 1 aromatic heterocycles. The Morgan fingerprint density at radius 3 is 2.36 bits per heavy atom. The Kier molecular flexibility index (Phi) is 6.74. The Bertz CT molecular complexity index is 1180. The number of rotatable bonds is 5. The first-order chi connectivity index (χ1) is 15.8. The average Bonchev–Trinajstić information content (AvgIpc) is 3.10. The lowest BCUT2D eigenvalue weighted by Gasteiger charge is -2.38. The number of aromatic nitrogens is 1. The van der Waals surface area contributed by atoms with Crippen molar-refractivity contribution >= 4 is 34.3 Å². The molecule has 1 aliphatic heterocycles. The number of benzene rings is 2. The fourth-order valence-corrected chi connectivity index (χ4v) is 4.78. The van der Waals surface area contributed by atoms with Crippen molar-refractivity contribution in [1.29, 1.82) is 0 Å². The van der Waals surface area contributed by atoms with E-state index in [2.05, 4.69) is 4.90 Å². The fraction of sp³-hybridized carbons (Fsp3) is 0.360. The van der Waals surface area contributed by atoms with Gasteiger partial charge in [-0.1, -0.05) is 18.0 Å². The second kappa shape index (κ2) is 9.55. The molecule has 174 valence electrons. The van der Waals surface area contributed by atoms with Gasteiger partial charge in [0.05, 0.1) is 12.6 Å². The summed E-state index contributed by atoms with van der Waals surface area (Å²) in [5, 5.41) is 13.0. The molecule has 8 heteroatoms. The summed E-state index contributed by atoms with van der Waals surface area (Å²) in [7, 11) is 1.58. The van der Waals surface area contributed by atoms with Gasteiger partial charge in [0.25, 0.3) is 5.91 Å². The van der Waals surface area contributed by atoms with Gasteiger partial charge in [0, 0.05) is 47.2 Å². The van der Waals surface area contributed by atoms with Crippen LogP contribution in [0.15, 0.2) is 42.5 Å². The number of hydrogen-bond donors (Lipinski definition) is 1. The monoisotopic (exact) mass is 469 g/mol. The first-order valence-electron chi connectivity index (χ1n) is 11.1. The van der Waals surface area contributed by atoms with E-state index in [0.29, 0.717) is 33.1 Å². The van der Waals surface area contributed by atoms with Gasteiger partial charge < -0.3 is 4.74 Å². The van der Waals surface area contributed by atoms with Crippen LogP contribution in [-0.4, -0.2) is 51.8 Å². The molecule has 0 radical (unpaired) electrons. The minimum absolute atomic E-state index is 0.213. The van der Waals surface area contributed by atoms with Crippen LogP contribution in [0.2, 0.25) is 5.02 Å². The third-order valence-electron chi connectivity index (χ3n) is 6.30. The molecule has 1 unspecified atom stereocenters. The molecule has 0 spiro atoms. The second-order valence-corrected chi connectivity index (χ2v) is 8.80. The third kappa shape index (κ3) is 4.36. The van der Waals surface area contributed by atoms with Gasteiger partial charge in [-0.2, -0.15) is 0 Å². The largest absolute Gasteiger partial charge is 0.497 e. The molecule has 1 N–H and O–H groups in total. The van der Waals surface area contributed by atoms with Crippen molar-refractivity contribution in [2.75, 3.05) is 20.2 Å². The minimum atomic E-state index is -0.711. The van der Waals surface area contributed by atoms with Crippen molar-refractivity contribution in [2.45, 2.75) is 39.3 Å². The zero-order valence-corrected chi connectivity index (χ0v) is 19.8. The number of hydrogen-bond acceptors (Lipinski definition) is 5. The van der Waals surface area contributed by atoms with Crippen LogP contribution < -0.4 is 4.74 Å². The van der Waals surface area contributed by atoms with E-state index in [1.807, 2.05) is 19.1 Å². The molecule has 4 rings (SSSR count). The number of nitrogens with zero attached hydrogens (tertiary/aromatic N) is 3. The number of ether oxygens (including phenoxy) is 1. The Balaban J connectivity index is 1.96. The SMILES string of the molecule is COc1ccc2c(c1)c(C(N1CCCCC1)N(O)C(C)=O)c(C)n2C(=O)c1ccc(Cl)cc1. The second-order valence-electron chi connectivity index (χ2n) is 8.36. The number of piperidine rings is 1. The molecule has 3 aromatic rings. The molecule has 0 aliphatic carbocycles. The van der Waals surface area contributed by atoms with Crippen LogP contribution in [-0.2, 0) is 4.79 Å². The van der Waals surface area contributed by atoms with E-state index in [0.717, 1.165) is 42.8 Å². The van der Waals surface area contributed by atoms with Gasteiger partial charge in [0.1, 0.15) is 11.9 Å². The zero-order valence-electron chi connectivity index (χ0n) is 19.0. The van der Waals surface area contributed by atoms with Crippen LogP contribution >= 0.6 is 11.6 Å². The van der Waals surface area contributed by atoms with Crippen LogP contribution in [0.5, 0.6) is 5.75 Å². The number of methoxy groups -OCH3 is 1. The number of likely N-dealkylation sites (tertiary alicyclic amines) is 1. The molecule has 1 fully saturated rings. The van der Waals surface area contributed by atoms with Crippen molar-refractivity contribution < 1.29 is 19.5 Å². The predicted molar refractivity (Wildman–Crippen MR) is 127 cm³/mol. The number of amides is 1. The molecular formula is C25H28ClN3O4. The van der Waals surface area contributed by atoms with Crippen LogP contribution in [0.1, 0.15) is 54.0 Å². The molecule has 1 atom stereocenters. The van der Waals surface area contributed by atoms with Gasteiger partial charge in [-0.3, -0.25) is 24.3 Å². The Labute approximate surface area is 198 Å². The molecule has 33 heavy (non-hydrogen) atoms. The highest BCUT2D eigenvalue weighted by molar-refractivity contribution is 6.30. The first-order valence-corrected chi connectivity index (χ1v) is 11.4. The lowest BCUT2D eigenvalue weighted by molar-refractivity contribution is -0.193. The van der Waals surface area contributed by atoms with Crippen LogP contribution in [0.4, 0.5) is 0 Å². The number of carbonyl (C=O) groups is 2. The maximum Gasteiger partial charge on any atom is 0.262 e. The quantitative estimate of drug-likeness (QED) is 0.419. The average molecular weight is 470 g/mol. The summed E-state index contributed by atoms with van der Waals surface area (Å²) in [4.78, 5) is 28.0. The van der Waals surface area contributed by atoms with E-state index in [-0.39, 0.29) is 5.91 Å². The first kappa shape index (κ1) is 23.3. The highest BCUT2D eigenvalue weighted by Crippen LogP contribution is 2.38. The minimum Gasteiger partial charge on any atom is -0.497 e. The van der Waals surface area contributed by atoms with Crippen molar-refractivity contribution in [1.82, 2.24) is 14.5 Å². The molecule has 0 saturated carbocycles. The number of carbonyl (C=O) groups excluding carboxylic acids is 2. The van der Waals surface area contributed by atoms with Gasteiger partial charge in [-0.25, -0.2) is 5.06 Å². The van der Waals surface area contributed by atoms with Crippen LogP contribution in [0.3, 0.4) is 0 Å². The van der Waals surface area contributed by atoms with E-state index in [1.165, 1.54) is 6.92 Å². The summed E-state index contributed by atoms with van der Waals surface area (Å²) in [5.74, 6) is -0.0439. The van der Waals surface area contributed by atoms with Crippen LogP contribution in [0.25, 0.3) is 10.9 Å². The summed E-state index contributed by atoms with van der Waals surface area (Å²) >= 11 is 6.02. The van der Waals surface area contributed by atoms with E-state index < -0.39 is 12.1 Å². The van der Waals surface area contributed by atoms with Crippen LogP contribution in [0, 0.1) is 6.92 Å². The summed E-state index contributed by atoms with van der Waals surface area (Å²) < 4.78 is 7.09. The maximum atomic E-state index is 13.6. The van der Waals surface area contributed by atoms with Gasteiger partial charge in [0.15, 0.2) is 0 Å². The summed E-state index contributed by atoms with van der Waals surface area (Å²) in [6, 6.07) is 12.2. The van der Waals surface area contributed by atoms with Gasteiger partial charge >= 0.3 is 0 Å². The van der Waals surface area contributed by atoms with E-state index >= 15 is 0 Å². The molecule has 1 amide bonds. The zero-order chi connectivity index (χ0) is 23.7. The Morgan fingerprint density at radius 1 is 1.09 bits per heavy atom.